The molecule has 0 aromatic carbocycles. The Kier molecular flexibility index (Phi) is 5.77. The lowest BCUT2D eigenvalue weighted by Crippen LogP contribution is -2.41. The quantitative estimate of drug-likeness (QED) is 0.666. The van der Waals surface area contributed by atoms with Crippen LogP contribution in [0, 0.1) is 23.7 Å². The van der Waals surface area contributed by atoms with Crippen molar-refractivity contribution in [3.8, 4) is 0 Å². The molecule has 0 heterocycles. The Morgan fingerprint density at radius 1 is 0.941 bits per heavy atom. The predicted molar refractivity (Wildman–Crippen MR) is 79.0 cm³/mol. The molecule has 0 radical (unpaired) electrons. The van der Waals surface area contributed by atoms with E-state index in [0.717, 1.165) is 0 Å². The van der Waals surface area contributed by atoms with E-state index in [1.54, 1.807) is 0 Å². The lowest BCUT2D eigenvalue weighted by atomic mass is 9.76. The maximum atomic E-state index is 4.37. The van der Waals surface area contributed by atoms with E-state index in [1.165, 1.54) is 5.70 Å². The van der Waals surface area contributed by atoms with E-state index < -0.39 is 0 Å². The van der Waals surface area contributed by atoms with E-state index in [4.69, 9.17) is 0 Å². The van der Waals surface area contributed by atoms with Gasteiger partial charge in [-0.2, -0.15) is 0 Å². The Labute approximate surface area is 109 Å². The summed E-state index contributed by atoms with van der Waals surface area (Å²) >= 11 is 0. The Hall–Kier alpha value is -0.460. The third-order valence-corrected chi connectivity index (χ3v) is 4.16. The van der Waals surface area contributed by atoms with Crippen molar-refractivity contribution in [2.45, 2.75) is 60.9 Å². The van der Waals surface area contributed by atoms with Crippen LogP contribution in [0.2, 0.25) is 0 Å². The van der Waals surface area contributed by atoms with Crippen LogP contribution in [0.1, 0.15) is 55.4 Å². The molecular weight excluding hydrogens is 206 g/mol. The number of nitrogens with zero attached hydrogens (tertiary/aromatic N) is 1. The largest absolute Gasteiger partial charge is 0.373 e. The molecular formula is C16H33N. The monoisotopic (exact) mass is 239 g/mol. The second kappa shape index (κ2) is 5.93. The lowest BCUT2D eigenvalue weighted by molar-refractivity contribution is 0.150. The lowest BCUT2D eigenvalue weighted by Gasteiger charge is -2.42. The van der Waals surface area contributed by atoms with Crippen LogP contribution in [0.4, 0.5) is 0 Å². The molecule has 0 aromatic rings. The summed E-state index contributed by atoms with van der Waals surface area (Å²) in [6.45, 7) is 22.7. The first-order valence-electron chi connectivity index (χ1n) is 6.92. The Balaban J connectivity index is 5.03. The number of hydrogen-bond donors (Lipinski definition) is 0. The molecule has 1 heteroatoms. The fraction of sp³-hybridized carbons (Fsp3) is 0.875. The van der Waals surface area contributed by atoms with E-state index in [2.05, 4.69) is 73.9 Å². The first-order chi connectivity index (χ1) is 7.50. The van der Waals surface area contributed by atoms with Crippen LogP contribution in [0.5, 0.6) is 0 Å². The van der Waals surface area contributed by atoms with Crippen LogP contribution in [-0.2, 0) is 0 Å². The summed E-state index contributed by atoms with van der Waals surface area (Å²) < 4.78 is 0. The van der Waals surface area contributed by atoms with Gasteiger partial charge in [0.1, 0.15) is 0 Å². The van der Waals surface area contributed by atoms with E-state index in [-0.39, 0.29) is 5.54 Å². The average Bonchev–Trinajstić information content (AvgIpc) is 2.14. The van der Waals surface area contributed by atoms with Gasteiger partial charge >= 0.3 is 0 Å². The Morgan fingerprint density at radius 3 is 1.59 bits per heavy atom. The normalized spacial score (nSPS) is 16.2. The van der Waals surface area contributed by atoms with Gasteiger partial charge in [-0.15, -0.1) is 0 Å². The molecule has 0 N–H and O–H groups in total. The predicted octanol–water partition coefficient (Wildman–Crippen LogP) is 4.79. The van der Waals surface area contributed by atoms with E-state index >= 15 is 0 Å². The highest BCUT2D eigenvalue weighted by molar-refractivity contribution is 5.06. The van der Waals surface area contributed by atoms with Crippen molar-refractivity contribution in [3.63, 3.8) is 0 Å². The SMILES string of the molecule is C=C(C(C(C)C)C(C)C(C)C)N(C)C(C)(C)C. The summed E-state index contributed by atoms with van der Waals surface area (Å²) in [6, 6.07) is 0. The topological polar surface area (TPSA) is 3.24 Å². The van der Waals surface area contributed by atoms with Crippen molar-refractivity contribution < 1.29 is 0 Å². The van der Waals surface area contributed by atoms with Crippen molar-refractivity contribution in [2.24, 2.45) is 23.7 Å². The second-order valence-corrected chi connectivity index (χ2v) is 7.09. The highest BCUT2D eigenvalue weighted by Gasteiger charge is 2.30. The van der Waals surface area contributed by atoms with Crippen molar-refractivity contribution in [2.75, 3.05) is 7.05 Å². The van der Waals surface area contributed by atoms with Crippen LogP contribution in [-0.4, -0.2) is 17.5 Å². The van der Waals surface area contributed by atoms with Gasteiger partial charge in [0.25, 0.3) is 0 Å². The minimum absolute atomic E-state index is 0.154. The first kappa shape index (κ1) is 16.5. The zero-order chi connectivity index (χ0) is 14.0. The van der Waals surface area contributed by atoms with E-state index in [9.17, 15) is 0 Å². The zero-order valence-electron chi connectivity index (χ0n) is 13.5. The molecule has 0 aliphatic rings. The summed E-state index contributed by atoms with van der Waals surface area (Å²) in [6.07, 6.45) is 0. The van der Waals surface area contributed by atoms with Gasteiger partial charge in [-0.25, -0.2) is 0 Å². The molecule has 0 aliphatic heterocycles. The highest BCUT2D eigenvalue weighted by atomic mass is 15.2. The van der Waals surface area contributed by atoms with Gasteiger partial charge < -0.3 is 4.90 Å². The summed E-state index contributed by atoms with van der Waals surface area (Å²) in [5.74, 6) is 2.59. The van der Waals surface area contributed by atoms with E-state index in [1.807, 2.05) is 0 Å². The fourth-order valence-electron chi connectivity index (χ4n) is 2.36. The summed E-state index contributed by atoms with van der Waals surface area (Å²) in [7, 11) is 2.17. The molecule has 0 aromatic heterocycles. The summed E-state index contributed by atoms with van der Waals surface area (Å²) in [5, 5.41) is 0. The molecule has 2 atom stereocenters. The van der Waals surface area contributed by atoms with Gasteiger partial charge in [0, 0.05) is 24.2 Å². The van der Waals surface area contributed by atoms with Crippen LogP contribution in [0.15, 0.2) is 12.3 Å². The number of rotatable bonds is 5. The molecule has 0 saturated heterocycles. The summed E-state index contributed by atoms with van der Waals surface area (Å²) in [4.78, 5) is 2.34. The molecule has 0 bridgehead atoms. The van der Waals surface area contributed by atoms with Gasteiger partial charge in [-0.05, 0) is 38.5 Å². The number of hydrogen-bond acceptors (Lipinski definition) is 1. The highest BCUT2D eigenvalue weighted by Crippen LogP contribution is 2.35. The maximum Gasteiger partial charge on any atom is 0.0311 e. The summed E-state index contributed by atoms with van der Waals surface area (Å²) in [5.41, 5.74) is 1.44. The minimum Gasteiger partial charge on any atom is -0.373 e. The molecule has 0 spiro atoms. The van der Waals surface area contributed by atoms with Gasteiger partial charge in [0.15, 0.2) is 0 Å². The first-order valence-corrected chi connectivity index (χ1v) is 6.92. The van der Waals surface area contributed by atoms with Crippen LogP contribution < -0.4 is 0 Å². The van der Waals surface area contributed by atoms with Crippen LogP contribution in [0.3, 0.4) is 0 Å². The molecule has 0 amide bonds. The van der Waals surface area contributed by atoms with Crippen molar-refractivity contribution >= 4 is 0 Å². The molecule has 0 fully saturated rings. The second-order valence-electron chi connectivity index (χ2n) is 7.09. The van der Waals surface area contributed by atoms with Crippen LogP contribution >= 0.6 is 0 Å². The Morgan fingerprint density at radius 2 is 1.35 bits per heavy atom. The molecule has 1 nitrogen and oxygen atoms in total. The standard InChI is InChI=1S/C16H33N/c1-11(2)13(5)15(12(3)4)14(6)17(10)16(7,8)9/h11-13,15H,6H2,1-5,7-10H3. The molecule has 0 rings (SSSR count). The van der Waals surface area contributed by atoms with Gasteiger partial charge in [-0.3, -0.25) is 0 Å². The third kappa shape index (κ3) is 4.37. The minimum atomic E-state index is 0.154. The molecule has 17 heavy (non-hydrogen) atoms. The number of allylic oxidation sites excluding steroid dienone is 1. The molecule has 102 valence electrons. The van der Waals surface area contributed by atoms with Crippen molar-refractivity contribution in [3.05, 3.63) is 12.3 Å². The Bertz CT molecular complexity index is 245. The fourth-order valence-corrected chi connectivity index (χ4v) is 2.36. The molecule has 0 aliphatic carbocycles. The average molecular weight is 239 g/mol. The third-order valence-electron chi connectivity index (χ3n) is 4.16. The molecule has 0 saturated carbocycles. The van der Waals surface area contributed by atoms with Gasteiger partial charge in [0.05, 0.1) is 0 Å². The van der Waals surface area contributed by atoms with Crippen LogP contribution in [0.25, 0.3) is 0 Å². The smallest absolute Gasteiger partial charge is 0.0311 e. The van der Waals surface area contributed by atoms with Crippen molar-refractivity contribution in [1.82, 2.24) is 4.90 Å². The van der Waals surface area contributed by atoms with Gasteiger partial charge in [0.2, 0.25) is 0 Å². The molecule has 2 unspecified atom stereocenters. The van der Waals surface area contributed by atoms with E-state index in [0.29, 0.717) is 23.7 Å². The van der Waals surface area contributed by atoms with Gasteiger partial charge in [-0.1, -0.05) is 41.2 Å². The zero-order valence-corrected chi connectivity index (χ0v) is 13.5. The van der Waals surface area contributed by atoms with Crippen molar-refractivity contribution in [1.29, 1.82) is 0 Å². The maximum absolute atomic E-state index is 4.37.